The van der Waals surface area contributed by atoms with Crippen molar-refractivity contribution < 1.29 is 28.9 Å². The number of benzene rings is 3. The van der Waals surface area contributed by atoms with Crippen LogP contribution in [0.15, 0.2) is 42.5 Å². The highest BCUT2D eigenvalue weighted by Gasteiger charge is 2.29. The summed E-state index contributed by atoms with van der Waals surface area (Å²) >= 11 is 6.49. The van der Waals surface area contributed by atoms with Gasteiger partial charge in [-0.15, -0.1) is 0 Å². The summed E-state index contributed by atoms with van der Waals surface area (Å²) in [7, 11) is 0. The van der Waals surface area contributed by atoms with E-state index in [0.29, 0.717) is 29.9 Å². The van der Waals surface area contributed by atoms with Crippen LogP contribution in [-0.4, -0.2) is 29.7 Å². The van der Waals surface area contributed by atoms with E-state index < -0.39 is 18.0 Å². The number of nitrogen functional groups attached to an aromatic ring is 1. The van der Waals surface area contributed by atoms with Crippen molar-refractivity contribution in [1.82, 2.24) is 0 Å². The lowest BCUT2D eigenvalue weighted by atomic mass is 9.76. The van der Waals surface area contributed by atoms with Crippen LogP contribution in [0.3, 0.4) is 0 Å². The van der Waals surface area contributed by atoms with Crippen LogP contribution in [0.1, 0.15) is 115 Å². The molecular formula is C38H51ClN2O6. The Bertz CT molecular complexity index is 1580. The molecule has 0 bridgehead atoms. The Balaban J connectivity index is 1.88. The number of hydrogen-bond acceptors (Lipinski definition) is 7. The van der Waals surface area contributed by atoms with E-state index >= 15 is 0 Å². The summed E-state index contributed by atoms with van der Waals surface area (Å²) in [5.41, 5.74) is 9.31. The number of aromatic hydroxyl groups is 1. The van der Waals surface area contributed by atoms with Gasteiger partial charge in [-0.2, -0.15) is 0 Å². The minimum absolute atomic E-state index is 0.00651. The lowest BCUT2D eigenvalue weighted by Crippen LogP contribution is -2.33. The van der Waals surface area contributed by atoms with E-state index in [1.54, 1.807) is 19.1 Å². The fourth-order valence-corrected chi connectivity index (χ4v) is 5.05. The number of ether oxygens (including phenoxy) is 3. The summed E-state index contributed by atoms with van der Waals surface area (Å²) in [6.45, 7) is 19.0. The zero-order valence-corrected chi connectivity index (χ0v) is 30.1. The summed E-state index contributed by atoms with van der Waals surface area (Å²) in [5, 5.41) is 13.7. The van der Waals surface area contributed by atoms with Crippen LogP contribution in [0.25, 0.3) is 0 Å². The van der Waals surface area contributed by atoms with Gasteiger partial charge in [0, 0.05) is 17.2 Å². The predicted octanol–water partition coefficient (Wildman–Crippen LogP) is 9.86. The van der Waals surface area contributed by atoms with Crippen molar-refractivity contribution >= 4 is 34.9 Å². The van der Waals surface area contributed by atoms with Gasteiger partial charge in [-0.25, -0.2) is 4.79 Å². The van der Waals surface area contributed by atoms with Crippen molar-refractivity contribution in [3.8, 4) is 23.0 Å². The average Bonchev–Trinajstić information content (AvgIpc) is 3.05. The van der Waals surface area contributed by atoms with Crippen LogP contribution in [0.5, 0.6) is 23.0 Å². The number of nitrogens with two attached hydrogens (primary N) is 1. The van der Waals surface area contributed by atoms with Crippen molar-refractivity contribution in [3.63, 3.8) is 0 Å². The smallest absolute Gasteiger partial charge is 0.338 e. The maximum absolute atomic E-state index is 13.6. The quantitative estimate of drug-likeness (QED) is 0.0639. The zero-order chi connectivity index (χ0) is 35.1. The molecule has 0 aromatic heterocycles. The molecule has 0 heterocycles. The lowest BCUT2D eigenvalue weighted by molar-refractivity contribution is -0.122. The van der Waals surface area contributed by atoms with Crippen molar-refractivity contribution in [3.05, 3.63) is 69.7 Å². The van der Waals surface area contributed by atoms with Crippen LogP contribution >= 0.6 is 11.6 Å². The van der Waals surface area contributed by atoms with Gasteiger partial charge in [0.2, 0.25) is 0 Å². The van der Waals surface area contributed by atoms with Gasteiger partial charge in [0.15, 0.2) is 11.9 Å². The maximum atomic E-state index is 13.6. The lowest BCUT2D eigenvalue weighted by Gasteiger charge is -2.31. The van der Waals surface area contributed by atoms with Crippen molar-refractivity contribution in [1.29, 1.82) is 0 Å². The minimum atomic E-state index is -0.851. The summed E-state index contributed by atoms with van der Waals surface area (Å²) in [6, 6.07) is 12.3. The third kappa shape index (κ3) is 8.92. The number of phenols is 1. The monoisotopic (exact) mass is 666 g/mol. The molecule has 0 aliphatic rings. The fraction of sp³-hybridized carbons (Fsp3) is 0.474. The third-order valence-electron chi connectivity index (χ3n) is 9.08. The molecule has 3 rings (SSSR count). The van der Waals surface area contributed by atoms with Crippen LogP contribution < -0.4 is 20.5 Å². The molecule has 0 radical (unpaired) electrons. The topological polar surface area (TPSA) is 120 Å². The van der Waals surface area contributed by atoms with Gasteiger partial charge in [-0.3, -0.25) is 4.79 Å². The van der Waals surface area contributed by atoms with Crippen LogP contribution in [0.4, 0.5) is 11.4 Å². The first-order chi connectivity index (χ1) is 22.1. The Kier molecular flexibility index (Phi) is 12.6. The summed E-state index contributed by atoms with van der Waals surface area (Å²) in [4.78, 5) is 26.0. The number of amides is 1. The largest absolute Gasteiger partial charge is 0.504 e. The Hall–Kier alpha value is -3.91. The molecule has 0 spiro atoms. The fourth-order valence-electron chi connectivity index (χ4n) is 4.86. The summed E-state index contributed by atoms with van der Waals surface area (Å²) in [5.74, 6) is -0.0210. The first kappa shape index (κ1) is 37.5. The molecule has 3 aromatic carbocycles. The van der Waals surface area contributed by atoms with Crippen LogP contribution in [0.2, 0.25) is 5.02 Å². The van der Waals surface area contributed by atoms with E-state index in [1.165, 1.54) is 17.7 Å². The molecule has 0 saturated carbocycles. The number of rotatable bonds is 15. The summed E-state index contributed by atoms with van der Waals surface area (Å²) in [6.07, 6.45) is 3.09. The molecule has 0 fully saturated rings. The maximum Gasteiger partial charge on any atom is 0.338 e. The summed E-state index contributed by atoms with van der Waals surface area (Å²) < 4.78 is 17.7. The van der Waals surface area contributed by atoms with Crippen molar-refractivity contribution in [2.45, 2.75) is 111 Å². The van der Waals surface area contributed by atoms with Gasteiger partial charge in [-0.1, -0.05) is 85.5 Å². The number of phenolic OH excluding ortho intramolecular Hbond substituents is 1. The second kappa shape index (κ2) is 15.8. The van der Waals surface area contributed by atoms with E-state index in [4.69, 9.17) is 31.5 Å². The van der Waals surface area contributed by atoms with Gasteiger partial charge < -0.3 is 30.4 Å². The zero-order valence-electron chi connectivity index (χ0n) is 29.3. The number of carbonyl (C=O) groups is 2. The molecule has 1 unspecified atom stereocenters. The number of nitrogens with one attached hydrogen (secondary N) is 1. The highest BCUT2D eigenvalue weighted by atomic mass is 35.5. The normalized spacial score (nSPS) is 12.4. The molecule has 0 aliphatic heterocycles. The number of anilines is 2. The number of hydrogen-bond donors (Lipinski definition) is 3. The van der Waals surface area contributed by atoms with Gasteiger partial charge in [0.05, 0.1) is 28.6 Å². The van der Waals surface area contributed by atoms with E-state index in [0.717, 1.165) is 31.2 Å². The van der Waals surface area contributed by atoms with Gasteiger partial charge >= 0.3 is 5.97 Å². The molecule has 4 N–H and O–H groups in total. The molecular weight excluding hydrogens is 616 g/mol. The number of unbranched alkanes of at least 4 members (excludes halogenated alkanes) is 1. The predicted molar refractivity (Wildman–Crippen MR) is 190 cm³/mol. The molecule has 3 aromatic rings. The Labute approximate surface area is 284 Å². The molecule has 1 amide bonds. The highest BCUT2D eigenvalue weighted by Crippen LogP contribution is 2.43. The molecule has 1 atom stereocenters. The molecule has 47 heavy (non-hydrogen) atoms. The van der Waals surface area contributed by atoms with Gasteiger partial charge in [0.1, 0.15) is 17.2 Å². The van der Waals surface area contributed by atoms with Crippen LogP contribution in [0, 0.1) is 6.92 Å². The Morgan fingerprint density at radius 2 is 1.60 bits per heavy atom. The first-order valence-electron chi connectivity index (χ1n) is 16.5. The highest BCUT2D eigenvalue weighted by molar-refractivity contribution is 6.33. The molecule has 0 saturated heterocycles. The number of halogens is 1. The number of carbonyl (C=O) groups excluding carboxylic acids is 2. The van der Waals surface area contributed by atoms with Crippen molar-refractivity contribution in [2.75, 3.05) is 17.7 Å². The molecule has 9 heteroatoms. The van der Waals surface area contributed by atoms with Gasteiger partial charge in [-0.05, 0) is 73.3 Å². The Morgan fingerprint density at radius 1 is 0.936 bits per heavy atom. The number of esters is 1. The standard InChI is InChI=1S/C38H51ClN2O6/c1-10-14-19-45-36(44)24-15-17-31(27(40)20-24)47-32-22-28(34(42)33(39)23(32)5)41-35(43)29(11-2)46-30-18-16-25(37(6,7)12-3)21-26(30)38(8,9)13-4/h15-18,20-22,29,42H,10-14,19,40H2,1-9H3,(H,41,43). The van der Waals surface area contributed by atoms with Gasteiger partial charge in [0.25, 0.3) is 5.91 Å². The van der Waals surface area contributed by atoms with E-state index in [2.05, 4.69) is 59.0 Å². The molecule has 8 nitrogen and oxygen atoms in total. The molecule has 0 aliphatic carbocycles. The molecule has 256 valence electrons. The SMILES string of the molecule is CCCCOC(=O)c1ccc(Oc2cc(NC(=O)C(CC)Oc3ccc(C(C)(C)CC)cc3C(C)(C)CC)c(O)c(Cl)c2C)c(N)c1. The van der Waals surface area contributed by atoms with E-state index in [1.807, 2.05) is 19.9 Å². The van der Waals surface area contributed by atoms with E-state index in [-0.39, 0.29) is 44.5 Å². The minimum Gasteiger partial charge on any atom is -0.504 e. The van der Waals surface area contributed by atoms with Crippen LogP contribution in [-0.2, 0) is 20.4 Å². The Morgan fingerprint density at radius 3 is 2.19 bits per heavy atom. The second-order valence-corrected chi connectivity index (χ2v) is 13.6. The second-order valence-electron chi connectivity index (χ2n) is 13.2. The van der Waals surface area contributed by atoms with E-state index in [9.17, 15) is 14.7 Å². The first-order valence-corrected chi connectivity index (χ1v) is 16.9. The average molecular weight is 667 g/mol. The third-order valence-corrected chi connectivity index (χ3v) is 9.54. The van der Waals surface area contributed by atoms with Crippen molar-refractivity contribution in [2.24, 2.45) is 0 Å².